The topological polar surface area (TPSA) is 78.9 Å². The quantitative estimate of drug-likeness (QED) is 0.752. The molecule has 1 aromatic carbocycles. The van der Waals surface area contributed by atoms with Gasteiger partial charge in [-0.1, -0.05) is 23.2 Å². The highest BCUT2D eigenvalue weighted by Gasteiger charge is 2.27. The molecule has 138 valence electrons. The SMILES string of the molecule is COC(=O)c1cc(Cl)c(Cl)c(NC(C)C2CCN(C(=O)O)CC2)c1C. The molecule has 1 amide bonds. The van der Waals surface area contributed by atoms with Gasteiger partial charge in [0.2, 0.25) is 0 Å². The number of piperidine rings is 1. The molecule has 0 aromatic heterocycles. The highest BCUT2D eigenvalue weighted by Crippen LogP contribution is 2.37. The summed E-state index contributed by atoms with van der Waals surface area (Å²) >= 11 is 12.5. The lowest BCUT2D eigenvalue weighted by Gasteiger charge is -2.34. The highest BCUT2D eigenvalue weighted by atomic mass is 35.5. The minimum atomic E-state index is -0.879. The Morgan fingerprint density at radius 1 is 1.36 bits per heavy atom. The lowest BCUT2D eigenvalue weighted by atomic mass is 9.90. The van der Waals surface area contributed by atoms with Crippen molar-refractivity contribution in [3.8, 4) is 0 Å². The third-order valence-corrected chi connectivity index (χ3v) is 5.56. The fourth-order valence-electron chi connectivity index (χ4n) is 3.15. The number of carbonyl (C=O) groups is 2. The van der Waals surface area contributed by atoms with E-state index in [9.17, 15) is 9.59 Å². The van der Waals surface area contributed by atoms with E-state index in [1.54, 1.807) is 6.92 Å². The van der Waals surface area contributed by atoms with Gasteiger partial charge in [0, 0.05) is 19.1 Å². The molecule has 25 heavy (non-hydrogen) atoms. The average molecular weight is 389 g/mol. The molecule has 1 saturated heterocycles. The number of carboxylic acid groups (broad SMARTS) is 1. The van der Waals surface area contributed by atoms with Crippen molar-refractivity contribution in [2.75, 3.05) is 25.5 Å². The Balaban J connectivity index is 2.18. The van der Waals surface area contributed by atoms with Crippen molar-refractivity contribution in [2.24, 2.45) is 5.92 Å². The highest BCUT2D eigenvalue weighted by molar-refractivity contribution is 6.44. The van der Waals surface area contributed by atoms with Crippen LogP contribution in [0.5, 0.6) is 0 Å². The number of halogens is 2. The number of carbonyl (C=O) groups excluding carboxylic acids is 1. The molecule has 0 bridgehead atoms. The van der Waals surface area contributed by atoms with Gasteiger partial charge in [0.15, 0.2) is 0 Å². The molecule has 1 fully saturated rings. The van der Waals surface area contributed by atoms with Crippen LogP contribution in [0.25, 0.3) is 0 Å². The van der Waals surface area contributed by atoms with E-state index in [0.29, 0.717) is 40.8 Å². The van der Waals surface area contributed by atoms with Crippen molar-refractivity contribution in [3.63, 3.8) is 0 Å². The van der Waals surface area contributed by atoms with Crippen molar-refractivity contribution < 1.29 is 19.4 Å². The van der Waals surface area contributed by atoms with E-state index in [0.717, 1.165) is 12.8 Å². The first-order valence-corrected chi connectivity index (χ1v) is 8.83. The Hall–Kier alpha value is -1.66. The summed E-state index contributed by atoms with van der Waals surface area (Å²) in [6.45, 7) is 4.84. The van der Waals surface area contributed by atoms with Crippen LogP contribution in [0.4, 0.5) is 10.5 Å². The summed E-state index contributed by atoms with van der Waals surface area (Å²) in [5.41, 5.74) is 1.66. The first kappa shape index (κ1) is 19.7. The van der Waals surface area contributed by atoms with Crippen LogP contribution in [0.2, 0.25) is 10.0 Å². The zero-order valence-corrected chi connectivity index (χ0v) is 15.9. The summed E-state index contributed by atoms with van der Waals surface area (Å²) in [5, 5.41) is 13.0. The molecule has 1 atom stereocenters. The zero-order valence-electron chi connectivity index (χ0n) is 14.4. The van der Waals surface area contributed by atoms with Gasteiger partial charge in [0.1, 0.15) is 0 Å². The van der Waals surface area contributed by atoms with Crippen LogP contribution in [0.1, 0.15) is 35.7 Å². The lowest BCUT2D eigenvalue weighted by molar-refractivity contribution is 0.0600. The number of hydrogen-bond donors (Lipinski definition) is 2. The Labute approximate surface area is 157 Å². The van der Waals surface area contributed by atoms with Crippen molar-refractivity contribution in [2.45, 2.75) is 32.7 Å². The van der Waals surface area contributed by atoms with E-state index < -0.39 is 12.1 Å². The lowest BCUT2D eigenvalue weighted by Crippen LogP contribution is -2.41. The minimum absolute atomic E-state index is 0.0520. The van der Waals surface area contributed by atoms with Crippen LogP contribution in [-0.4, -0.2) is 48.3 Å². The van der Waals surface area contributed by atoms with Gasteiger partial charge >= 0.3 is 12.1 Å². The summed E-state index contributed by atoms with van der Waals surface area (Å²) in [7, 11) is 1.32. The van der Waals surface area contributed by atoms with Crippen LogP contribution in [-0.2, 0) is 4.74 Å². The number of amides is 1. The molecule has 1 heterocycles. The number of anilines is 1. The maximum atomic E-state index is 11.9. The number of methoxy groups -OCH3 is 1. The van der Waals surface area contributed by atoms with E-state index in [-0.39, 0.29) is 11.1 Å². The largest absolute Gasteiger partial charge is 0.465 e. The number of esters is 1. The molecular formula is C17H22Cl2N2O4. The average Bonchev–Trinajstić information content (AvgIpc) is 2.60. The molecule has 1 unspecified atom stereocenters. The Morgan fingerprint density at radius 2 is 1.96 bits per heavy atom. The van der Waals surface area contributed by atoms with E-state index >= 15 is 0 Å². The summed E-state index contributed by atoms with van der Waals surface area (Å²) in [5.74, 6) is -0.173. The van der Waals surface area contributed by atoms with Gasteiger partial charge in [-0.3, -0.25) is 0 Å². The summed E-state index contributed by atoms with van der Waals surface area (Å²) in [6, 6.07) is 1.56. The zero-order chi connectivity index (χ0) is 18.7. The number of nitrogens with zero attached hydrogens (tertiary/aromatic N) is 1. The van der Waals surface area contributed by atoms with E-state index in [2.05, 4.69) is 5.32 Å². The molecule has 8 heteroatoms. The van der Waals surface area contributed by atoms with Crippen LogP contribution >= 0.6 is 23.2 Å². The number of ether oxygens (including phenoxy) is 1. The summed E-state index contributed by atoms with van der Waals surface area (Å²) in [4.78, 5) is 24.4. The van der Waals surface area contributed by atoms with Gasteiger partial charge in [-0.05, 0) is 44.2 Å². The van der Waals surface area contributed by atoms with Crippen molar-refractivity contribution in [1.29, 1.82) is 0 Å². The molecular weight excluding hydrogens is 367 g/mol. The second-order valence-electron chi connectivity index (χ2n) is 6.25. The summed E-state index contributed by atoms with van der Waals surface area (Å²) in [6.07, 6.45) is 0.652. The standard InChI is InChI=1S/C17H22Cl2N2O4/c1-9-12(16(22)25-3)8-13(18)14(19)15(9)20-10(2)11-4-6-21(7-5-11)17(23)24/h8,10-11,20H,4-7H2,1-3H3,(H,23,24). The van der Waals surface area contributed by atoms with Crippen molar-refractivity contribution in [1.82, 2.24) is 4.90 Å². The number of likely N-dealkylation sites (tertiary alicyclic amines) is 1. The Morgan fingerprint density at radius 3 is 2.48 bits per heavy atom. The van der Waals surface area contributed by atoms with Gasteiger partial charge in [-0.25, -0.2) is 9.59 Å². The number of benzene rings is 1. The maximum absolute atomic E-state index is 11.9. The molecule has 0 radical (unpaired) electrons. The smallest absolute Gasteiger partial charge is 0.407 e. The van der Waals surface area contributed by atoms with E-state index in [1.807, 2.05) is 6.92 Å². The van der Waals surface area contributed by atoms with E-state index in [1.165, 1.54) is 18.1 Å². The molecule has 1 aliphatic heterocycles. The number of hydrogen-bond acceptors (Lipinski definition) is 4. The molecule has 0 saturated carbocycles. The van der Waals surface area contributed by atoms with Gasteiger partial charge in [0.05, 0.1) is 28.4 Å². The Kier molecular flexibility index (Phi) is 6.41. The Bertz CT molecular complexity index is 673. The molecule has 0 spiro atoms. The normalized spacial score (nSPS) is 16.4. The first-order valence-electron chi connectivity index (χ1n) is 8.07. The van der Waals surface area contributed by atoms with Gasteiger partial charge in [0.25, 0.3) is 0 Å². The molecule has 1 aliphatic rings. The first-order chi connectivity index (χ1) is 11.8. The third-order valence-electron chi connectivity index (χ3n) is 4.77. The monoisotopic (exact) mass is 388 g/mol. The van der Waals surface area contributed by atoms with Crippen LogP contribution < -0.4 is 5.32 Å². The second kappa shape index (κ2) is 8.15. The van der Waals surface area contributed by atoms with Crippen LogP contribution in [0, 0.1) is 12.8 Å². The minimum Gasteiger partial charge on any atom is -0.465 e. The predicted molar refractivity (Wildman–Crippen MR) is 97.9 cm³/mol. The van der Waals surface area contributed by atoms with Crippen molar-refractivity contribution in [3.05, 3.63) is 27.2 Å². The van der Waals surface area contributed by atoms with Crippen LogP contribution in [0.3, 0.4) is 0 Å². The molecule has 2 rings (SSSR count). The predicted octanol–water partition coefficient (Wildman–Crippen LogP) is 4.28. The van der Waals surface area contributed by atoms with Gasteiger partial charge < -0.3 is 20.1 Å². The molecule has 0 aliphatic carbocycles. The molecule has 6 nitrogen and oxygen atoms in total. The number of nitrogens with one attached hydrogen (secondary N) is 1. The van der Waals surface area contributed by atoms with Crippen LogP contribution in [0.15, 0.2) is 6.07 Å². The molecule has 1 aromatic rings. The fraction of sp³-hybridized carbons (Fsp3) is 0.529. The molecule has 2 N–H and O–H groups in total. The summed E-state index contributed by atoms with van der Waals surface area (Å²) < 4.78 is 4.79. The fourth-order valence-corrected chi connectivity index (χ4v) is 3.60. The third kappa shape index (κ3) is 4.30. The number of rotatable bonds is 4. The van der Waals surface area contributed by atoms with E-state index in [4.69, 9.17) is 33.0 Å². The van der Waals surface area contributed by atoms with Gasteiger partial charge in [-0.15, -0.1) is 0 Å². The maximum Gasteiger partial charge on any atom is 0.407 e. The van der Waals surface area contributed by atoms with Gasteiger partial charge in [-0.2, -0.15) is 0 Å². The van der Waals surface area contributed by atoms with Crippen molar-refractivity contribution >= 4 is 41.0 Å². The second-order valence-corrected chi connectivity index (χ2v) is 7.04.